The van der Waals surface area contributed by atoms with Crippen LogP contribution in [-0.4, -0.2) is 103 Å². The number of hydrogen-bond acceptors (Lipinski definition) is 8. The van der Waals surface area contributed by atoms with Crippen LogP contribution in [0.15, 0.2) is 0 Å². The summed E-state index contributed by atoms with van der Waals surface area (Å²) in [6.07, 6.45) is 6.88. The molecule has 5 aliphatic rings. The number of nitrogens with one attached hydrogen (secondary N) is 4. The van der Waals surface area contributed by atoms with Crippen molar-refractivity contribution < 1.29 is 37.1 Å². The normalized spacial score (nSPS) is 27.7. The maximum Gasteiger partial charge on any atom is 0.315 e. The van der Waals surface area contributed by atoms with E-state index in [0.717, 1.165) is 32.1 Å². The Morgan fingerprint density at radius 2 is 1.55 bits per heavy atom. The van der Waals surface area contributed by atoms with Crippen molar-refractivity contribution in [3.05, 3.63) is 0 Å². The van der Waals surface area contributed by atoms with Gasteiger partial charge in [0.2, 0.25) is 17.6 Å². The number of ketones is 1. The number of fused-ring (bicyclic) bond motifs is 1. The van der Waals surface area contributed by atoms with Crippen LogP contribution in [0.1, 0.15) is 119 Å². The molecule has 51 heavy (non-hydrogen) atoms. The van der Waals surface area contributed by atoms with Crippen molar-refractivity contribution in [1.82, 2.24) is 26.2 Å². The molecule has 13 nitrogen and oxygen atoms in total. The van der Waals surface area contributed by atoms with E-state index in [1.807, 2.05) is 27.7 Å². The summed E-state index contributed by atoms with van der Waals surface area (Å²) in [6, 6.07) is -3.52. The zero-order chi connectivity index (χ0) is 37.6. The Bertz CT molecular complexity index is 1470. The van der Waals surface area contributed by atoms with E-state index >= 15 is 0 Å². The number of Topliss-reactive ketones (excluding diaryl/α,β-unsaturated/α-hetero) is 1. The van der Waals surface area contributed by atoms with Crippen LogP contribution < -0.4 is 21.3 Å². The number of amides is 5. The molecule has 3 saturated carbocycles. The van der Waals surface area contributed by atoms with E-state index in [1.54, 1.807) is 6.92 Å². The molecule has 288 valence electrons. The number of likely N-dealkylation sites (tertiary alicyclic amines) is 1. The first kappa shape index (κ1) is 39.5. The summed E-state index contributed by atoms with van der Waals surface area (Å²) in [6.45, 7) is 14.4. The van der Waals surface area contributed by atoms with Gasteiger partial charge in [0.25, 0.3) is 5.91 Å². The van der Waals surface area contributed by atoms with Crippen molar-refractivity contribution in [3.63, 3.8) is 0 Å². The fraction of sp³-hybridized carbons (Fsp3) is 0.865. The van der Waals surface area contributed by atoms with Crippen LogP contribution in [0.3, 0.4) is 0 Å². The molecule has 0 radical (unpaired) electrons. The number of nitrogens with zero attached hydrogens (tertiary/aromatic N) is 1. The molecule has 3 aliphatic carbocycles. The average molecular weight is 736 g/mol. The zero-order valence-electron chi connectivity index (χ0n) is 31.7. The van der Waals surface area contributed by atoms with Crippen LogP contribution in [0, 0.1) is 22.7 Å². The van der Waals surface area contributed by atoms with E-state index in [4.69, 9.17) is 4.74 Å². The Kier molecular flexibility index (Phi) is 11.3. The van der Waals surface area contributed by atoms with Crippen molar-refractivity contribution in [2.45, 2.75) is 154 Å². The highest BCUT2D eigenvalue weighted by Gasteiger charge is 2.70. The highest BCUT2D eigenvalue weighted by atomic mass is 32.2. The van der Waals surface area contributed by atoms with Crippen LogP contribution in [-0.2, 0) is 33.8 Å². The number of urea groups is 1. The minimum atomic E-state index is -3.62. The summed E-state index contributed by atoms with van der Waals surface area (Å²) in [5.41, 5.74) is -1.93. The lowest BCUT2D eigenvalue weighted by molar-refractivity contribution is -0.145. The van der Waals surface area contributed by atoms with Crippen molar-refractivity contribution in [1.29, 1.82) is 0 Å². The van der Waals surface area contributed by atoms with Crippen LogP contribution in [0.25, 0.3) is 0 Å². The smallest absolute Gasteiger partial charge is 0.315 e. The Morgan fingerprint density at radius 3 is 2.12 bits per heavy atom. The van der Waals surface area contributed by atoms with Gasteiger partial charge in [-0.1, -0.05) is 67.2 Å². The number of piperidine rings is 1. The van der Waals surface area contributed by atoms with Crippen LogP contribution in [0.2, 0.25) is 0 Å². The number of hydrogen-bond donors (Lipinski definition) is 4. The molecule has 0 aromatic heterocycles. The number of carbonyl (C=O) groups excluding carboxylic acids is 5. The standard InChI is InChI=1S/C37H61N5O8S/c1-8-12-25(28(43)31(45)38-23-13-14-23)39-30(44)27-26-24(35(26,5)6)21-42(27)32(46)29(34(2,3)4)40-33(47)41-37(15-10-9-11-16-37)22-51(48,49)36(7)17-19-50-20-18-36/h23-27,29H,8-22H2,1-7H3,(H,38,45)(H,39,44)(H2,40,41,47)/t24-,25-,26-,27-,29+/m0/s1. The predicted molar refractivity (Wildman–Crippen MR) is 192 cm³/mol. The molecule has 2 saturated heterocycles. The molecule has 0 bridgehead atoms. The van der Waals surface area contributed by atoms with Gasteiger partial charge < -0.3 is 30.9 Å². The largest absolute Gasteiger partial charge is 0.381 e. The lowest BCUT2D eigenvalue weighted by atomic mass is 9.83. The second-order valence-corrected chi connectivity index (χ2v) is 20.4. The molecule has 5 amide bonds. The summed E-state index contributed by atoms with van der Waals surface area (Å²) in [4.78, 5) is 69.8. The van der Waals surface area contributed by atoms with Gasteiger partial charge >= 0.3 is 6.03 Å². The van der Waals surface area contributed by atoms with Crippen molar-refractivity contribution >= 4 is 39.4 Å². The molecule has 0 aromatic rings. The van der Waals surface area contributed by atoms with Crippen molar-refractivity contribution in [3.8, 4) is 0 Å². The lowest BCUT2D eigenvalue weighted by Gasteiger charge is -2.42. The lowest BCUT2D eigenvalue weighted by Crippen LogP contribution is -2.64. The number of ether oxygens (including phenoxy) is 1. The van der Waals surface area contributed by atoms with Crippen LogP contribution in [0.5, 0.6) is 0 Å². The molecule has 0 spiro atoms. The third-order valence-electron chi connectivity index (χ3n) is 12.5. The first-order valence-corrected chi connectivity index (χ1v) is 20.7. The molecular weight excluding hydrogens is 675 g/mol. The monoisotopic (exact) mass is 735 g/mol. The number of carbonyl (C=O) groups is 5. The average Bonchev–Trinajstić information content (AvgIpc) is 3.90. The summed E-state index contributed by atoms with van der Waals surface area (Å²) in [5.74, 6) is -2.53. The van der Waals surface area contributed by atoms with Crippen molar-refractivity contribution in [2.24, 2.45) is 22.7 Å². The highest BCUT2D eigenvalue weighted by molar-refractivity contribution is 7.92. The van der Waals surface area contributed by atoms with E-state index in [-0.39, 0.29) is 35.5 Å². The Hall–Kier alpha value is -2.74. The molecule has 0 aromatic carbocycles. The zero-order valence-corrected chi connectivity index (χ0v) is 32.5. The summed E-state index contributed by atoms with van der Waals surface area (Å²) in [7, 11) is -3.62. The highest BCUT2D eigenvalue weighted by Crippen LogP contribution is 2.65. The molecule has 0 unspecified atom stereocenters. The fourth-order valence-electron chi connectivity index (χ4n) is 8.68. The van der Waals surface area contributed by atoms with E-state index in [2.05, 4.69) is 35.1 Å². The van der Waals surface area contributed by atoms with E-state index in [0.29, 0.717) is 51.9 Å². The molecule has 5 fully saturated rings. The molecule has 2 heterocycles. The molecule has 5 rings (SSSR count). The van der Waals surface area contributed by atoms with Crippen LogP contribution in [0.4, 0.5) is 4.79 Å². The summed E-state index contributed by atoms with van der Waals surface area (Å²) >= 11 is 0. The van der Waals surface area contributed by atoms with Gasteiger partial charge in [0.15, 0.2) is 9.84 Å². The topological polar surface area (TPSA) is 180 Å². The molecule has 5 atom stereocenters. The first-order valence-electron chi connectivity index (χ1n) is 19.1. The van der Waals surface area contributed by atoms with Gasteiger partial charge in [0.05, 0.1) is 22.1 Å². The van der Waals surface area contributed by atoms with Gasteiger partial charge in [-0.3, -0.25) is 19.2 Å². The van der Waals surface area contributed by atoms with Gasteiger partial charge in [-0.05, 0) is 74.5 Å². The van der Waals surface area contributed by atoms with Gasteiger partial charge in [-0.25, -0.2) is 13.2 Å². The minimum absolute atomic E-state index is 0.00194. The third-order valence-corrected chi connectivity index (χ3v) is 15.3. The molecule has 2 aliphatic heterocycles. The number of sulfone groups is 1. The van der Waals surface area contributed by atoms with E-state index in [9.17, 15) is 32.4 Å². The predicted octanol–water partition coefficient (Wildman–Crippen LogP) is 3.00. The maximum absolute atomic E-state index is 14.5. The first-order chi connectivity index (χ1) is 23.8. The second kappa shape index (κ2) is 14.6. The minimum Gasteiger partial charge on any atom is -0.381 e. The van der Waals surface area contributed by atoms with Gasteiger partial charge in [0.1, 0.15) is 12.1 Å². The van der Waals surface area contributed by atoms with Crippen LogP contribution >= 0.6 is 0 Å². The Labute approximate surface area is 303 Å². The molecule has 14 heteroatoms. The Morgan fingerprint density at radius 1 is 0.922 bits per heavy atom. The van der Waals surface area contributed by atoms with E-state index in [1.165, 1.54) is 4.90 Å². The molecule has 4 N–H and O–H groups in total. The second-order valence-electron chi connectivity index (χ2n) is 17.9. The summed E-state index contributed by atoms with van der Waals surface area (Å²) in [5, 5.41) is 11.5. The molecular formula is C37H61N5O8S. The number of rotatable bonds is 13. The fourth-order valence-corrected chi connectivity index (χ4v) is 10.9. The maximum atomic E-state index is 14.5. The van der Waals surface area contributed by atoms with Crippen molar-refractivity contribution in [2.75, 3.05) is 25.5 Å². The van der Waals surface area contributed by atoms with E-state index < -0.39 is 73.2 Å². The quantitative estimate of drug-likeness (QED) is 0.209. The SMILES string of the molecule is CCC[C@H](NC(=O)[C@@H]1[C@@H]2[C@H](CN1C(=O)[C@@H](NC(=O)NC1(CS(=O)(=O)C3(C)CCOCC3)CCCCC1)C(C)(C)C)C2(C)C)C(=O)C(=O)NC1CC1. The van der Waals surface area contributed by atoms with Gasteiger partial charge in [-0.2, -0.15) is 0 Å². The summed E-state index contributed by atoms with van der Waals surface area (Å²) < 4.78 is 32.3. The van der Waals surface area contributed by atoms with Gasteiger partial charge in [0, 0.05) is 25.8 Å². The van der Waals surface area contributed by atoms with Gasteiger partial charge in [-0.15, -0.1) is 0 Å². The Balaban J connectivity index is 1.33. The third kappa shape index (κ3) is 8.41.